The van der Waals surface area contributed by atoms with Gasteiger partial charge in [-0.3, -0.25) is 14.2 Å². The van der Waals surface area contributed by atoms with Gasteiger partial charge in [-0.25, -0.2) is 0 Å². The van der Waals surface area contributed by atoms with Crippen LogP contribution in [0.25, 0.3) is 16.5 Å². The van der Waals surface area contributed by atoms with E-state index in [1.165, 1.54) is 10.8 Å². The Hall–Kier alpha value is -3.41. The zero-order valence-corrected chi connectivity index (χ0v) is 13.1. The number of rotatable bonds is 2. The first kappa shape index (κ1) is 15.5. The SMILES string of the molecule is Cc1ccc2c(=O)n(-c3ccccc3)cc(C(=O)N=C(N)N)c2c1. The molecular weight excluding hydrogens is 304 g/mol. The molecule has 2 aromatic carbocycles. The van der Waals surface area contributed by atoms with Gasteiger partial charge in [-0.2, -0.15) is 4.99 Å². The maximum atomic E-state index is 12.8. The number of benzene rings is 2. The van der Waals surface area contributed by atoms with Crippen molar-refractivity contribution in [2.75, 3.05) is 0 Å². The second-order valence-electron chi connectivity index (χ2n) is 5.44. The zero-order valence-electron chi connectivity index (χ0n) is 13.1. The lowest BCUT2D eigenvalue weighted by atomic mass is 10.0. The Morgan fingerprint density at radius 1 is 1.04 bits per heavy atom. The van der Waals surface area contributed by atoms with Crippen molar-refractivity contribution in [3.63, 3.8) is 0 Å². The molecule has 3 aromatic rings. The van der Waals surface area contributed by atoms with E-state index in [2.05, 4.69) is 4.99 Å². The van der Waals surface area contributed by atoms with Crippen LogP contribution in [0, 0.1) is 6.92 Å². The van der Waals surface area contributed by atoms with Crippen molar-refractivity contribution in [3.8, 4) is 5.69 Å². The van der Waals surface area contributed by atoms with Gasteiger partial charge < -0.3 is 11.5 Å². The molecule has 1 amide bonds. The molecule has 6 heteroatoms. The zero-order chi connectivity index (χ0) is 17.3. The van der Waals surface area contributed by atoms with Crippen molar-refractivity contribution >= 4 is 22.6 Å². The first-order valence-electron chi connectivity index (χ1n) is 7.33. The number of amides is 1. The Kier molecular flexibility index (Phi) is 3.87. The second kappa shape index (κ2) is 6.00. The van der Waals surface area contributed by atoms with E-state index in [-0.39, 0.29) is 17.1 Å². The molecule has 0 radical (unpaired) electrons. The van der Waals surface area contributed by atoms with E-state index in [9.17, 15) is 9.59 Å². The summed E-state index contributed by atoms with van der Waals surface area (Å²) in [6.07, 6.45) is 1.48. The van der Waals surface area contributed by atoms with Crippen molar-refractivity contribution in [1.29, 1.82) is 0 Å². The van der Waals surface area contributed by atoms with Crippen molar-refractivity contribution in [1.82, 2.24) is 4.57 Å². The molecule has 24 heavy (non-hydrogen) atoms. The summed E-state index contributed by atoms with van der Waals surface area (Å²) in [5, 5.41) is 0.961. The van der Waals surface area contributed by atoms with Crippen LogP contribution in [0.2, 0.25) is 0 Å². The van der Waals surface area contributed by atoms with Gasteiger partial charge in [0.2, 0.25) is 0 Å². The molecule has 0 saturated carbocycles. The molecular formula is C18H16N4O2. The molecule has 0 bridgehead atoms. The third kappa shape index (κ3) is 2.77. The van der Waals surface area contributed by atoms with E-state index in [0.717, 1.165) is 5.56 Å². The second-order valence-corrected chi connectivity index (χ2v) is 5.44. The van der Waals surface area contributed by atoms with E-state index in [1.807, 2.05) is 31.2 Å². The fourth-order valence-electron chi connectivity index (χ4n) is 2.58. The molecule has 0 aliphatic carbocycles. The van der Waals surface area contributed by atoms with Crippen molar-refractivity contribution < 1.29 is 4.79 Å². The maximum absolute atomic E-state index is 12.8. The number of aliphatic imine (C=N–C) groups is 1. The van der Waals surface area contributed by atoms with Gasteiger partial charge in [-0.05, 0) is 25.1 Å². The molecule has 0 unspecified atom stereocenters. The number of para-hydroxylation sites is 1. The van der Waals surface area contributed by atoms with Gasteiger partial charge in [0, 0.05) is 22.7 Å². The number of hydrogen-bond donors (Lipinski definition) is 2. The number of pyridine rings is 1. The minimum atomic E-state index is -0.588. The summed E-state index contributed by atoms with van der Waals surface area (Å²) in [4.78, 5) is 28.8. The van der Waals surface area contributed by atoms with E-state index >= 15 is 0 Å². The third-order valence-electron chi connectivity index (χ3n) is 3.67. The minimum Gasteiger partial charge on any atom is -0.370 e. The Labute approximate surface area is 138 Å². The molecule has 0 spiro atoms. The largest absolute Gasteiger partial charge is 0.370 e. The highest BCUT2D eigenvalue weighted by Gasteiger charge is 2.15. The standard InChI is InChI=1S/C18H16N4O2/c1-11-7-8-13-14(9-11)15(16(23)21-18(19)20)10-22(17(13)24)12-5-3-2-4-6-12/h2-10H,1H3,(H4,19,20,21,23). The highest BCUT2D eigenvalue weighted by Crippen LogP contribution is 2.20. The summed E-state index contributed by atoms with van der Waals surface area (Å²) >= 11 is 0. The number of aromatic nitrogens is 1. The van der Waals surface area contributed by atoms with Crippen LogP contribution >= 0.6 is 0 Å². The van der Waals surface area contributed by atoms with Gasteiger partial charge in [-0.1, -0.05) is 35.9 Å². The van der Waals surface area contributed by atoms with Gasteiger partial charge in [0.1, 0.15) is 0 Å². The highest BCUT2D eigenvalue weighted by molar-refractivity contribution is 6.10. The van der Waals surface area contributed by atoms with Crippen LogP contribution in [0.15, 0.2) is 64.5 Å². The van der Waals surface area contributed by atoms with Gasteiger partial charge >= 0.3 is 0 Å². The smallest absolute Gasteiger partial charge is 0.282 e. The predicted molar refractivity (Wildman–Crippen MR) is 94.4 cm³/mol. The lowest BCUT2D eigenvalue weighted by Crippen LogP contribution is -2.25. The summed E-state index contributed by atoms with van der Waals surface area (Å²) in [6.45, 7) is 1.89. The maximum Gasteiger partial charge on any atom is 0.282 e. The van der Waals surface area contributed by atoms with E-state index in [4.69, 9.17) is 11.5 Å². The Morgan fingerprint density at radius 3 is 2.42 bits per heavy atom. The van der Waals surface area contributed by atoms with Crippen LogP contribution in [-0.2, 0) is 0 Å². The fraction of sp³-hybridized carbons (Fsp3) is 0.0556. The Bertz CT molecular complexity index is 1020. The van der Waals surface area contributed by atoms with Crippen molar-refractivity contribution in [2.45, 2.75) is 6.92 Å². The molecule has 1 aromatic heterocycles. The summed E-state index contributed by atoms with van der Waals surface area (Å²) in [6, 6.07) is 14.4. The molecule has 0 aliphatic heterocycles. The molecule has 0 aliphatic rings. The van der Waals surface area contributed by atoms with Crippen LogP contribution in [0.5, 0.6) is 0 Å². The number of nitrogens with two attached hydrogens (primary N) is 2. The number of guanidine groups is 1. The van der Waals surface area contributed by atoms with E-state index < -0.39 is 5.91 Å². The number of carbonyl (C=O) groups is 1. The van der Waals surface area contributed by atoms with Gasteiger partial charge in [0.15, 0.2) is 5.96 Å². The normalized spacial score (nSPS) is 10.5. The molecule has 6 nitrogen and oxygen atoms in total. The van der Waals surface area contributed by atoms with Crippen LogP contribution in [0.3, 0.4) is 0 Å². The monoisotopic (exact) mass is 320 g/mol. The van der Waals surface area contributed by atoms with E-state index in [0.29, 0.717) is 16.5 Å². The Balaban J connectivity index is 2.39. The first-order chi connectivity index (χ1) is 11.5. The average Bonchev–Trinajstić information content (AvgIpc) is 2.55. The molecule has 0 saturated heterocycles. The summed E-state index contributed by atoms with van der Waals surface area (Å²) in [5.41, 5.74) is 12.3. The molecule has 120 valence electrons. The summed E-state index contributed by atoms with van der Waals surface area (Å²) in [7, 11) is 0. The molecule has 0 atom stereocenters. The van der Waals surface area contributed by atoms with Crippen LogP contribution in [0.4, 0.5) is 0 Å². The number of nitrogens with zero attached hydrogens (tertiary/aromatic N) is 2. The molecule has 0 fully saturated rings. The summed E-state index contributed by atoms with van der Waals surface area (Å²) < 4.78 is 1.42. The van der Waals surface area contributed by atoms with Crippen molar-refractivity contribution in [2.24, 2.45) is 16.5 Å². The third-order valence-corrected chi connectivity index (χ3v) is 3.67. The van der Waals surface area contributed by atoms with Crippen molar-refractivity contribution in [3.05, 3.63) is 76.2 Å². The number of hydrogen-bond acceptors (Lipinski definition) is 2. The molecule has 3 rings (SSSR count). The van der Waals surface area contributed by atoms with E-state index in [1.54, 1.807) is 24.3 Å². The molecule has 4 N–H and O–H groups in total. The quantitative estimate of drug-likeness (QED) is 0.554. The van der Waals surface area contributed by atoms with Crippen LogP contribution in [-0.4, -0.2) is 16.4 Å². The summed E-state index contributed by atoms with van der Waals surface area (Å²) in [5.74, 6) is -0.909. The lowest BCUT2D eigenvalue weighted by molar-refractivity contribution is 0.100. The predicted octanol–water partition coefficient (Wildman–Crippen LogP) is 1.71. The number of fused-ring (bicyclic) bond motifs is 1. The van der Waals surface area contributed by atoms with Gasteiger partial charge in [0.25, 0.3) is 11.5 Å². The Morgan fingerprint density at radius 2 is 1.75 bits per heavy atom. The highest BCUT2D eigenvalue weighted by atomic mass is 16.1. The van der Waals surface area contributed by atoms with Gasteiger partial charge in [0.05, 0.1) is 5.56 Å². The average molecular weight is 320 g/mol. The molecule has 1 heterocycles. The lowest BCUT2D eigenvalue weighted by Gasteiger charge is -2.11. The van der Waals surface area contributed by atoms with Crippen LogP contribution in [0.1, 0.15) is 15.9 Å². The minimum absolute atomic E-state index is 0.211. The van der Waals surface area contributed by atoms with Gasteiger partial charge in [-0.15, -0.1) is 0 Å². The topological polar surface area (TPSA) is 103 Å². The number of aryl methyl sites for hydroxylation is 1. The number of carbonyl (C=O) groups excluding carboxylic acids is 1. The fourth-order valence-corrected chi connectivity index (χ4v) is 2.58. The first-order valence-corrected chi connectivity index (χ1v) is 7.33. The van der Waals surface area contributed by atoms with Crippen LogP contribution < -0.4 is 17.0 Å².